The van der Waals surface area contributed by atoms with Crippen molar-refractivity contribution in [3.63, 3.8) is 0 Å². The van der Waals surface area contributed by atoms with Crippen LogP contribution in [0.15, 0.2) is 53.6 Å². The lowest BCUT2D eigenvalue weighted by molar-refractivity contribution is -0.152. The second-order valence-corrected chi connectivity index (χ2v) is 7.95. The van der Waals surface area contributed by atoms with Crippen molar-refractivity contribution >= 4 is 12.1 Å². The van der Waals surface area contributed by atoms with Gasteiger partial charge in [-0.05, 0) is 32.8 Å². The van der Waals surface area contributed by atoms with Crippen LogP contribution in [0.5, 0.6) is 0 Å². The molecule has 0 bridgehead atoms. The van der Waals surface area contributed by atoms with Crippen molar-refractivity contribution in [1.82, 2.24) is 5.32 Å². The maximum absolute atomic E-state index is 13.9. The molecule has 1 aromatic carbocycles. The molecule has 1 aliphatic rings. The van der Waals surface area contributed by atoms with Crippen LogP contribution in [-0.2, 0) is 20.7 Å². The highest BCUT2D eigenvalue weighted by Gasteiger charge is 2.43. The minimum Gasteiger partial charge on any atom is -0.444 e. The first kappa shape index (κ1) is 25.3. The van der Waals surface area contributed by atoms with Gasteiger partial charge in [-0.2, -0.15) is 4.39 Å². The fraction of sp³-hybridized carbons (Fsp3) is 0.429. The molecular formula is C21H22F5NO5. The molecule has 32 heavy (non-hydrogen) atoms. The number of allylic oxidation sites excluding steroid dienone is 4. The summed E-state index contributed by atoms with van der Waals surface area (Å²) in [5, 5.41) is 12.6. The van der Waals surface area contributed by atoms with E-state index in [0.717, 1.165) is 0 Å². The molecule has 1 aromatic rings. The van der Waals surface area contributed by atoms with Crippen LogP contribution in [0.4, 0.5) is 26.7 Å². The fourth-order valence-electron chi connectivity index (χ4n) is 2.72. The molecule has 0 spiro atoms. The Morgan fingerprint density at radius 2 is 1.66 bits per heavy atom. The topological polar surface area (TPSA) is 84.9 Å². The highest BCUT2D eigenvalue weighted by Crippen LogP contribution is 2.37. The SMILES string of the molecule is CC(C)(C)OC(=O)NC(Cc1ccccc1)C(O)C(=O)OC1=C(F)C(F)=C(F)C(F)C1F. The summed E-state index contributed by atoms with van der Waals surface area (Å²) in [7, 11) is 0. The zero-order valence-corrected chi connectivity index (χ0v) is 17.4. The van der Waals surface area contributed by atoms with Gasteiger partial charge in [-0.3, -0.25) is 0 Å². The molecule has 0 radical (unpaired) electrons. The molecule has 6 nitrogen and oxygen atoms in total. The smallest absolute Gasteiger partial charge is 0.407 e. The number of aliphatic hydroxyl groups excluding tert-OH is 1. The van der Waals surface area contributed by atoms with E-state index in [0.29, 0.717) is 5.56 Å². The predicted molar refractivity (Wildman–Crippen MR) is 103 cm³/mol. The van der Waals surface area contributed by atoms with E-state index < -0.39 is 65.4 Å². The summed E-state index contributed by atoms with van der Waals surface area (Å²) in [6.45, 7) is 4.70. The monoisotopic (exact) mass is 463 g/mol. The van der Waals surface area contributed by atoms with Gasteiger partial charge in [0.25, 0.3) is 0 Å². The van der Waals surface area contributed by atoms with Gasteiger partial charge in [0.1, 0.15) is 5.60 Å². The predicted octanol–water partition coefficient (Wildman–Crippen LogP) is 4.05. The van der Waals surface area contributed by atoms with Crippen LogP contribution in [0.1, 0.15) is 26.3 Å². The van der Waals surface area contributed by atoms with Crippen LogP contribution in [-0.4, -0.2) is 47.3 Å². The molecule has 2 N–H and O–H groups in total. The first-order valence-corrected chi connectivity index (χ1v) is 9.48. The Morgan fingerprint density at radius 3 is 2.22 bits per heavy atom. The Morgan fingerprint density at radius 1 is 1.06 bits per heavy atom. The van der Waals surface area contributed by atoms with E-state index in [-0.39, 0.29) is 6.42 Å². The molecule has 0 aliphatic heterocycles. The van der Waals surface area contributed by atoms with E-state index in [2.05, 4.69) is 10.1 Å². The standard InChI is InChI=1S/C21H22F5NO5/c1-21(2,3)32-20(30)27-11(9-10-7-5-4-6-8-10)17(28)19(29)31-18-15(25)13(23)12(22)14(24)16(18)26/h4-8,11,13,15,17,28H,9H2,1-3H3,(H,27,30). The van der Waals surface area contributed by atoms with E-state index in [9.17, 15) is 36.6 Å². The van der Waals surface area contributed by atoms with Crippen molar-refractivity contribution in [2.24, 2.45) is 0 Å². The number of ether oxygens (including phenoxy) is 2. The summed E-state index contributed by atoms with van der Waals surface area (Å²) in [4.78, 5) is 24.4. The van der Waals surface area contributed by atoms with Crippen molar-refractivity contribution in [1.29, 1.82) is 0 Å². The van der Waals surface area contributed by atoms with Gasteiger partial charge in [-0.25, -0.2) is 27.2 Å². The number of halogens is 5. The average molecular weight is 463 g/mol. The van der Waals surface area contributed by atoms with Crippen LogP contribution >= 0.6 is 0 Å². The van der Waals surface area contributed by atoms with Crippen LogP contribution in [0.3, 0.4) is 0 Å². The Balaban J connectivity index is 2.24. The number of rotatable bonds is 6. The molecule has 4 unspecified atom stereocenters. The zero-order valence-electron chi connectivity index (χ0n) is 17.4. The van der Waals surface area contributed by atoms with Crippen molar-refractivity contribution in [3.05, 3.63) is 59.1 Å². The van der Waals surface area contributed by atoms with Crippen molar-refractivity contribution in [2.75, 3.05) is 0 Å². The van der Waals surface area contributed by atoms with Crippen LogP contribution in [0.25, 0.3) is 0 Å². The zero-order chi connectivity index (χ0) is 24.2. The molecule has 0 aromatic heterocycles. The minimum absolute atomic E-state index is 0.147. The van der Waals surface area contributed by atoms with Gasteiger partial charge in [-0.1, -0.05) is 30.3 Å². The lowest BCUT2D eigenvalue weighted by Gasteiger charge is -2.27. The van der Waals surface area contributed by atoms with E-state index in [1.165, 1.54) is 0 Å². The van der Waals surface area contributed by atoms with E-state index in [1.54, 1.807) is 51.1 Å². The fourth-order valence-corrected chi connectivity index (χ4v) is 2.72. The molecule has 176 valence electrons. The number of esters is 1. The lowest BCUT2D eigenvalue weighted by atomic mass is 10.0. The molecule has 2 rings (SSSR count). The van der Waals surface area contributed by atoms with Crippen molar-refractivity contribution < 1.29 is 46.1 Å². The highest BCUT2D eigenvalue weighted by molar-refractivity contribution is 5.78. The number of carbonyl (C=O) groups excluding carboxylic acids is 2. The van der Waals surface area contributed by atoms with Crippen molar-refractivity contribution in [2.45, 2.75) is 57.3 Å². The number of hydrogen-bond acceptors (Lipinski definition) is 5. The normalized spacial score (nSPS) is 21.2. The van der Waals surface area contributed by atoms with E-state index >= 15 is 0 Å². The van der Waals surface area contributed by atoms with Gasteiger partial charge >= 0.3 is 12.1 Å². The first-order valence-electron chi connectivity index (χ1n) is 9.48. The second-order valence-electron chi connectivity index (χ2n) is 7.95. The molecule has 0 saturated carbocycles. The first-order chi connectivity index (χ1) is 14.8. The lowest BCUT2D eigenvalue weighted by Crippen LogP contribution is -2.50. The third kappa shape index (κ3) is 6.28. The second kappa shape index (κ2) is 10.1. The van der Waals surface area contributed by atoms with E-state index in [1.807, 2.05) is 0 Å². The van der Waals surface area contributed by atoms with Gasteiger partial charge in [0.15, 0.2) is 35.9 Å². The van der Waals surface area contributed by atoms with Gasteiger partial charge in [-0.15, -0.1) is 0 Å². The summed E-state index contributed by atoms with van der Waals surface area (Å²) >= 11 is 0. The molecular weight excluding hydrogens is 441 g/mol. The maximum Gasteiger partial charge on any atom is 0.407 e. The van der Waals surface area contributed by atoms with Gasteiger partial charge < -0.3 is 19.9 Å². The largest absolute Gasteiger partial charge is 0.444 e. The Kier molecular flexibility index (Phi) is 8.00. The number of aliphatic hydroxyl groups is 1. The maximum atomic E-state index is 13.9. The van der Waals surface area contributed by atoms with Crippen LogP contribution in [0.2, 0.25) is 0 Å². The summed E-state index contributed by atoms with van der Waals surface area (Å²) in [6.07, 6.45) is -9.78. The Labute approximate surface area is 180 Å². The summed E-state index contributed by atoms with van der Waals surface area (Å²) < 4.78 is 77.2. The summed E-state index contributed by atoms with van der Waals surface area (Å²) in [5.41, 5.74) is -0.374. The number of hydrogen-bond donors (Lipinski definition) is 2. The number of carbonyl (C=O) groups is 2. The number of nitrogens with one attached hydrogen (secondary N) is 1. The molecule has 1 aliphatic carbocycles. The molecule has 0 heterocycles. The quantitative estimate of drug-likeness (QED) is 0.491. The summed E-state index contributed by atoms with van der Waals surface area (Å²) in [6, 6.07) is 6.79. The number of alkyl halides is 2. The minimum atomic E-state index is -3.23. The van der Waals surface area contributed by atoms with E-state index in [4.69, 9.17) is 4.74 Å². The highest BCUT2D eigenvalue weighted by atomic mass is 19.2. The van der Waals surface area contributed by atoms with Crippen LogP contribution in [0, 0.1) is 0 Å². The van der Waals surface area contributed by atoms with Gasteiger partial charge in [0.2, 0.25) is 5.83 Å². The van der Waals surface area contributed by atoms with Gasteiger partial charge in [0, 0.05) is 0 Å². The van der Waals surface area contributed by atoms with Crippen LogP contribution < -0.4 is 5.32 Å². The van der Waals surface area contributed by atoms with Gasteiger partial charge in [0.05, 0.1) is 6.04 Å². The molecule has 11 heteroatoms. The number of benzene rings is 1. The number of amides is 1. The molecule has 0 fully saturated rings. The molecule has 0 saturated heterocycles. The van der Waals surface area contributed by atoms with Crippen molar-refractivity contribution in [3.8, 4) is 0 Å². The number of alkyl carbamates (subject to hydrolysis) is 1. The molecule has 4 atom stereocenters. The summed E-state index contributed by atoms with van der Waals surface area (Å²) in [5.74, 6) is -10.4. The third-order valence-electron chi connectivity index (χ3n) is 4.20. The third-order valence-corrected chi connectivity index (χ3v) is 4.20. The Hall–Kier alpha value is -2.95. The Bertz CT molecular complexity index is 913. The molecule has 1 amide bonds. The average Bonchev–Trinajstić information content (AvgIpc) is 2.72.